The molecule has 0 aromatic heterocycles. The van der Waals surface area contributed by atoms with Crippen molar-refractivity contribution in [2.75, 3.05) is 13.1 Å². The van der Waals surface area contributed by atoms with Gasteiger partial charge in [-0.25, -0.2) is 8.78 Å². The Morgan fingerprint density at radius 1 is 1.06 bits per heavy atom. The van der Waals surface area contributed by atoms with Gasteiger partial charge in [-0.2, -0.15) is 0 Å². The van der Waals surface area contributed by atoms with Crippen molar-refractivity contribution >= 4 is 0 Å². The second-order valence-corrected chi connectivity index (χ2v) is 4.63. The van der Waals surface area contributed by atoms with Gasteiger partial charge in [0.1, 0.15) is 0 Å². The number of hydrogen-bond donors (Lipinski definition) is 1. The van der Waals surface area contributed by atoms with Gasteiger partial charge in [0.15, 0.2) is 11.6 Å². The van der Waals surface area contributed by atoms with Gasteiger partial charge in [-0.15, -0.1) is 0 Å². The maximum atomic E-state index is 13.0. The van der Waals surface area contributed by atoms with Crippen LogP contribution in [0, 0.1) is 17.6 Å². The van der Waals surface area contributed by atoms with E-state index in [1.165, 1.54) is 12.1 Å². The Morgan fingerprint density at radius 2 is 1.75 bits per heavy atom. The van der Waals surface area contributed by atoms with Crippen LogP contribution in [-0.2, 0) is 0 Å². The molecule has 16 heavy (non-hydrogen) atoms. The Labute approximate surface area is 95.9 Å². The van der Waals surface area contributed by atoms with Crippen molar-refractivity contribution in [3.63, 3.8) is 0 Å². The Kier molecular flexibility index (Phi) is 4.87. The molecule has 1 aromatic rings. The molecule has 0 bridgehead atoms. The van der Waals surface area contributed by atoms with Gasteiger partial charge in [0.05, 0.1) is 0 Å². The van der Waals surface area contributed by atoms with Crippen LogP contribution in [0.5, 0.6) is 0 Å². The fourth-order valence-corrected chi connectivity index (χ4v) is 1.53. The molecule has 0 aliphatic heterocycles. The van der Waals surface area contributed by atoms with Crippen LogP contribution in [0.2, 0.25) is 0 Å². The molecule has 0 heterocycles. The van der Waals surface area contributed by atoms with Crippen LogP contribution >= 0.6 is 0 Å². The third kappa shape index (κ3) is 3.89. The standard InChI is InChI=1S/C13H19F2N/c1-9(2)7-16-8-10(3)11-4-5-12(14)13(15)6-11/h4-6,9-10,16H,7-8H2,1-3H3. The van der Waals surface area contributed by atoms with Crippen molar-refractivity contribution in [1.82, 2.24) is 5.32 Å². The maximum Gasteiger partial charge on any atom is 0.159 e. The van der Waals surface area contributed by atoms with E-state index in [-0.39, 0.29) is 5.92 Å². The smallest absolute Gasteiger partial charge is 0.159 e. The Hall–Kier alpha value is -0.960. The summed E-state index contributed by atoms with van der Waals surface area (Å²) in [5.41, 5.74) is 0.829. The quantitative estimate of drug-likeness (QED) is 0.813. The summed E-state index contributed by atoms with van der Waals surface area (Å²) >= 11 is 0. The van der Waals surface area contributed by atoms with Crippen LogP contribution in [-0.4, -0.2) is 13.1 Å². The second-order valence-electron chi connectivity index (χ2n) is 4.63. The predicted octanol–water partition coefficient (Wildman–Crippen LogP) is 3.31. The molecule has 3 heteroatoms. The Balaban J connectivity index is 2.52. The van der Waals surface area contributed by atoms with E-state index < -0.39 is 11.6 Å². The monoisotopic (exact) mass is 227 g/mol. The number of hydrogen-bond acceptors (Lipinski definition) is 1. The summed E-state index contributed by atoms with van der Waals surface area (Å²) in [4.78, 5) is 0. The molecule has 1 N–H and O–H groups in total. The van der Waals surface area contributed by atoms with Crippen molar-refractivity contribution in [3.8, 4) is 0 Å². The van der Waals surface area contributed by atoms with Crippen LogP contribution in [0.1, 0.15) is 32.3 Å². The molecular formula is C13H19F2N. The van der Waals surface area contributed by atoms with E-state index >= 15 is 0 Å². The first kappa shape index (κ1) is 13.1. The van der Waals surface area contributed by atoms with E-state index in [4.69, 9.17) is 0 Å². The second kappa shape index (κ2) is 5.94. The van der Waals surface area contributed by atoms with E-state index in [0.29, 0.717) is 5.92 Å². The van der Waals surface area contributed by atoms with Crippen molar-refractivity contribution in [1.29, 1.82) is 0 Å². The highest BCUT2D eigenvalue weighted by molar-refractivity contribution is 5.21. The lowest BCUT2D eigenvalue weighted by atomic mass is 10.0. The normalized spacial score (nSPS) is 13.1. The van der Waals surface area contributed by atoms with E-state index in [1.807, 2.05) is 6.92 Å². The Bertz CT molecular complexity index is 337. The van der Waals surface area contributed by atoms with Crippen molar-refractivity contribution in [3.05, 3.63) is 35.4 Å². The summed E-state index contributed by atoms with van der Waals surface area (Å²) in [7, 11) is 0. The molecule has 90 valence electrons. The average molecular weight is 227 g/mol. The number of benzene rings is 1. The van der Waals surface area contributed by atoms with Gasteiger partial charge in [-0.1, -0.05) is 26.8 Å². The lowest BCUT2D eigenvalue weighted by Crippen LogP contribution is -2.24. The van der Waals surface area contributed by atoms with Gasteiger partial charge >= 0.3 is 0 Å². The predicted molar refractivity (Wildman–Crippen MR) is 62.5 cm³/mol. The molecule has 0 radical (unpaired) electrons. The van der Waals surface area contributed by atoms with E-state index in [2.05, 4.69) is 19.2 Å². The highest BCUT2D eigenvalue weighted by Gasteiger charge is 2.09. The first-order valence-corrected chi connectivity index (χ1v) is 5.66. The summed E-state index contributed by atoms with van der Waals surface area (Å²) < 4.78 is 25.7. The van der Waals surface area contributed by atoms with Crippen LogP contribution < -0.4 is 5.32 Å². The molecule has 0 aliphatic rings. The summed E-state index contributed by atoms with van der Waals surface area (Å²) in [6.07, 6.45) is 0. The fourth-order valence-electron chi connectivity index (χ4n) is 1.53. The highest BCUT2D eigenvalue weighted by atomic mass is 19.2. The third-order valence-corrected chi connectivity index (χ3v) is 2.52. The molecule has 0 saturated heterocycles. The molecule has 1 atom stereocenters. The zero-order valence-corrected chi connectivity index (χ0v) is 10.1. The lowest BCUT2D eigenvalue weighted by molar-refractivity contribution is 0.501. The van der Waals surface area contributed by atoms with Gasteiger partial charge in [0, 0.05) is 6.54 Å². The third-order valence-electron chi connectivity index (χ3n) is 2.52. The molecule has 1 unspecified atom stereocenters. The zero-order chi connectivity index (χ0) is 12.1. The highest BCUT2D eigenvalue weighted by Crippen LogP contribution is 2.17. The lowest BCUT2D eigenvalue weighted by Gasteiger charge is -2.14. The SMILES string of the molecule is CC(C)CNCC(C)c1ccc(F)c(F)c1. The molecule has 1 aromatic carbocycles. The summed E-state index contributed by atoms with van der Waals surface area (Å²) in [5, 5.41) is 3.30. The van der Waals surface area contributed by atoms with Gasteiger partial charge in [0.25, 0.3) is 0 Å². The average Bonchev–Trinajstić information content (AvgIpc) is 2.21. The Morgan fingerprint density at radius 3 is 2.31 bits per heavy atom. The van der Waals surface area contributed by atoms with Crippen LogP contribution in [0.3, 0.4) is 0 Å². The minimum absolute atomic E-state index is 0.189. The molecule has 0 fully saturated rings. The van der Waals surface area contributed by atoms with Crippen molar-refractivity contribution < 1.29 is 8.78 Å². The molecule has 0 spiro atoms. The van der Waals surface area contributed by atoms with Gasteiger partial charge in [0.2, 0.25) is 0 Å². The molecule has 0 amide bonds. The van der Waals surface area contributed by atoms with Crippen LogP contribution in [0.25, 0.3) is 0 Å². The molecule has 1 nitrogen and oxygen atoms in total. The van der Waals surface area contributed by atoms with Gasteiger partial charge in [-0.05, 0) is 36.1 Å². The first-order valence-electron chi connectivity index (χ1n) is 5.66. The molecule has 0 saturated carbocycles. The van der Waals surface area contributed by atoms with Crippen molar-refractivity contribution in [2.45, 2.75) is 26.7 Å². The van der Waals surface area contributed by atoms with Gasteiger partial charge < -0.3 is 5.32 Å². The minimum atomic E-state index is -0.786. The largest absolute Gasteiger partial charge is 0.316 e. The molecular weight excluding hydrogens is 208 g/mol. The first-order chi connectivity index (χ1) is 7.50. The number of rotatable bonds is 5. The maximum absolute atomic E-state index is 13.0. The zero-order valence-electron chi connectivity index (χ0n) is 10.1. The van der Waals surface area contributed by atoms with E-state index in [0.717, 1.165) is 18.7 Å². The summed E-state index contributed by atoms with van der Waals surface area (Å²) in [6.45, 7) is 7.99. The summed E-state index contributed by atoms with van der Waals surface area (Å²) in [6, 6.07) is 4.10. The van der Waals surface area contributed by atoms with Crippen molar-refractivity contribution in [2.24, 2.45) is 5.92 Å². The van der Waals surface area contributed by atoms with Crippen LogP contribution in [0.15, 0.2) is 18.2 Å². The number of nitrogens with one attached hydrogen (secondary N) is 1. The fraction of sp³-hybridized carbons (Fsp3) is 0.538. The van der Waals surface area contributed by atoms with Gasteiger partial charge in [-0.3, -0.25) is 0 Å². The molecule has 0 aliphatic carbocycles. The van der Waals surface area contributed by atoms with Crippen LogP contribution in [0.4, 0.5) is 8.78 Å². The summed E-state index contributed by atoms with van der Waals surface area (Å²) in [5.74, 6) is -0.773. The van der Waals surface area contributed by atoms with E-state index in [9.17, 15) is 8.78 Å². The van der Waals surface area contributed by atoms with E-state index in [1.54, 1.807) is 6.07 Å². The minimum Gasteiger partial charge on any atom is -0.316 e. The number of halogens is 2. The molecule has 1 rings (SSSR count). The topological polar surface area (TPSA) is 12.0 Å².